The van der Waals surface area contributed by atoms with Crippen molar-refractivity contribution in [3.8, 4) is 23.3 Å². The molecule has 2 N–H and O–H groups in total. The first-order chi connectivity index (χ1) is 19.2. The van der Waals surface area contributed by atoms with E-state index in [2.05, 4.69) is 33.2 Å². The van der Waals surface area contributed by atoms with Gasteiger partial charge >= 0.3 is 0 Å². The van der Waals surface area contributed by atoms with Crippen molar-refractivity contribution in [2.45, 2.75) is 26.4 Å². The lowest BCUT2D eigenvalue weighted by Crippen LogP contribution is -2.44. The summed E-state index contributed by atoms with van der Waals surface area (Å²) in [5.74, 6) is 1.63. The van der Waals surface area contributed by atoms with Gasteiger partial charge in [-0.2, -0.15) is 5.26 Å². The number of aliphatic hydroxyl groups is 1. The number of aromatic nitrogens is 1. The molecule has 3 aromatic rings. The smallest absolute Gasteiger partial charge is 0.163 e. The van der Waals surface area contributed by atoms with Crippen LogP contribution in [-0.2, 0) is 0 Å². The Morgan fingerprint density at radius 1 is 1.02 bits per heavy atom. The number of anilines is 2. The summed E-state index contributed by atoms with van der Waals surface area (Å²) in [5, 5.41) is 22.5. The van der Waals surface area contributed by atoms with E-state index in [4.69, 9.17) is 42.5 Å². The fourth-order valence-electron chi connectivity index (χ4n) is 4.15. The fraction of sp³-hybridized carbons (Fsp3) is 0.448. The Morgan fingerprint density at radius 3 is 2.33 bits per heavy atom. The second-order valence-electron chi connectivity index (χ2n) is 9.71. The molecule has 40 heavy (non-hydrogen) atoms. The summed E-state index contributed by atoms with van der Waals surface area (Å²) in [6.07, 6.45) is 2.27. The first-order valence-corrected chi connectivity index (χ1v) is 13.8. The van der Waals surface area contributed by atoms with Gasteiger partial charge in [0.25, 0.3) is 0 Å². The van der Waals surface area contributed by atoms with Gasteiger partial charge < -0.3 is 34.4 Å². The van der Waals surface area contributed by atoms with Gasteiger partial charge in [-0.25, -0.2) is 0 Å². The van der Waals surface area contributed by atoms with E-state index < -0.39 is 0 Å². The van der Waals surface area contributed by atoms with E-state index in [9.17, 15) is 5.26 Å². The number of benzene rings is 2. The molecule has 0 amide bonds. The third-order valence-corrected chi connectivity index (χ3v) is 6.86. The minimum atomic E-state index is -0.167. The quantitative estimate of drug-likeness (QED) is 0.309. The van der Waals surface area contributed by atoms with Crippen LogP contribution in [0.2, 0.25) is 10.0 Å². The predicted octanol–water partition coefficient (Wildman–Crippen LogP) is 5.58. The summed E-state index contributed by atoms with van der Waals surface area (Å²) in [5.41, 5.74) is 2.11. The molecule has 0 spiro atoms. The van der Waals surface area contributed by atoms with Gasteiger partial charge in [-0.1, -0.05) is 23.2 Å². The van der Waals surface area contributed by atoms with E-state index in [1.165, 1.54) is 13.3 Å². The van der Waals surface area contributed by atoms with Gasteiger partial charge in [0.05, 0.1) is 53.3 Å². The molecule has 0 saturated carbocycles. The summed E-state index contributed by atoms with van der Waals surface area (Å²) in [6.45, 7) is 9.36. The number of aliphatic hydroxyl groups excluding tert-OH is 1. The fourth-order valence-corrected chi connectivity index (χ4v) is 4.66. The van der Waals surface area contributed by atoms with Crippen LogP contribution in [0.5, 0.6) is 17.2 Å². The lowest BCUT2D eigenvalue weighted by atomic mass is 10.1. The van der Waals surface area contributed by atoms with Crippen LogP contribution in [0.3, 0.4) is 0 Å². The SMILES string of the molecule is CC(C)O.COc1cc(Nc2c(C#N)cnc3cc(OCCCN4CCN(C)CC4)c(OC)cc23)c(Cl)cc1Cl. The van der Waals surface area contributed by atoms with E-state index in [1.54, 1.807) is 33.1 Å². The highest BCUT2D eigenvalue weighted by Gasteiger charge is 2.17. The first kappa shape index (κ1) is 31.5. The van der Waals surface area contributed by atoms with Gasteiger partial charge in [-0.05, 0) is 39.4 Å². The molecular weight excluding hydrogens is 553 g/mol. The summed E-state index contributed by atoms with van der Waals surface area (Å²) in [6, 6.07) is 9.12. The molecule has 11 heteroatoms. The second kappa shape index (κ2) is 15.1. The third kappa shape index (κ3) is 8.50. The Labute approximate surface area is 246 Å². The van der Waals surface area contributed by atoms with Gasteiger partial charge in [0.2, 0.25) is 0 Å². The molecule has 1 saturated heterocycles. The number of likely N-dealkylation sites (N-methyl/N-ethyl adjacent to an activating group) is 1. The topological polar surface area (TPSA) is 103 Å². The van der Waals surface area contributed by atoms with Crippen LogP contribution in [-0.4, -0.2) is 86.6 Å². The number of pyridine rings is 1. The number of hydrogen-bond donors (Lipinski definition) is 2. The molecule has 4 rings (SSSR count). The van der Waals surface area contributed by atoms with Crippen molar-refractivity contribution in [3.63, 3.8) is 0 Å². The minimum absolute atomic E-state index is 0.167. The number of hydrogen-bond acceptors (Lipinski definition) is 9. The van der Waals surface area contributed by atoms with E-state index in [0.29, 0.717) is 61.7 Å². The van der Waals surface area contributed by atoms with Crippen molar-refractivity contribution >= 4 is 45.5 Å². The van der Waals surface area contributed by atoms with Crippen LogP contribution < -0.4 is 19.5 Å². The number of halogens is 2. The zero-order chi connectivity index (χ0) is 29.2. The molecule has 1 aliphatic rings. The van der Waals surface area contributed by atoms with Gasteiger partial charge in [0.1, 0.15) is 11.8 Å². The van der Waals surface area contributed by atoms with Crippen LogP contribution in [0.4, 0.5) is 11.4 Å². The molecule has 216 valence electrons. The zero-order valence-corrected chi connectivity index (χ0v) is 25.1. The minimum Gasteiger partial charge on any atom is -0.495 e. The number of fused-ring (bicyclic) bond motifs is 1. The highest BCUT2D eigenvalue weighted by atomic mass is 35.5. The summed E-state index contributed by atoms with van der Waals surface area (Å²) >= 11 is 12.6. The molecule has 2 heterocycles. The third-order valence-electron chi connectivity index (χ3n) is 6.25. The van der Waals surface area contributed by atoms with E-state index in [1.807, 2.05) is 12.1 Å². The lowest BCUT2D eigenvalue weighted by molar-refractivity contribution is 0.145. The van der Waals surface area contributed by atoms with Crippen LogP contribution in [0.1, 0.15) is 25.8 Å². The Bertz CT molecular complexity index is 1320. The van der Waals surface area contributed by atoms with Crippen molar-refractivity contribution in [1.82, 2.24) is 14.8 Å². The lowest BCUT2D eigenvalue weighted by Gasteiger charge is -2.32. The number of nitrogens with zero attached hydrogens (tertiary/aromatic N) is 4. The summed E-state index contributed by atoms with van der Waals surface area (Å²) < 4.78 is 17.0. The largest absolute Gasteiger partial charge is 0.495 e. The second-order valence-corrected chi connectivity index (χ2v) is 10.5. The van der Waals surface area contributed by atoms with Gasteiger partial charge in [-0.3, -0.25) is 4.98 Å². The Hall–Kier alpha value is -3.00. The Balaban J connectivity index is 0.00000103. The summed E-state index contributed by atoms with van der Waals surface area (Å²) in [7, 11) is 5.27. The maximum Gasteiger partial charge on any atom is 0.163 e. The molecule has 9 nitrogen and oxygen atoms in total. The number of rotatable bonds is 9. The van der Waals surface area contributed by atoms with Gasteiger partial charge in [0.15, 0.2) is 11.5 Å². The average molecular weight is 591 g/mol. The average Bonchev–Trinajstić information content (AvgIpc) is 2.92. The van der Waals surface area contributed by atoms with Gasteiger partial charge in [0, 0.05) is 62.5 Å². The maximum atomic E-state index is 9.75. The van der Waals surface area contributed by atoms with E-state index in [0.717, 1.165) is 39.1 Å². The standard InChI is InChI=1S/C26H29Cl2N5O3.C3H8O/c1-32-6-8-33(9-7-32)5-4-10-36-25-13-21-18(11-24(25)35-3)26(17(15-29)16-30-21)31-22-14-23(34-2)20(28)12-19(22)27;1-3(2)4/h11-14,16H,4-10H2,1-3H3,(H,30,31);3-4H,1-2H3. The van der Waals surface area contributed by atoms with Crippen LogP contribution in [0.15, 0.2) is 30.5 Å². The van der Waals surface area contributed by atoms with Crippen LogP contribution in [0, 0.1) is 11.3 Å². The maximum absolute atomic E-state index is 9.75. The molecular formula is C29H37Cl2N5O4. The molecule has 0 atom stereocenters. The van der Waals surface area contributed by atoms with Crippen molar-refractivity contribution in [2.75, 3.05) is 65.9 Å². The molecule has 2 aromatic carbocycles. The van der Waals surface area contributed by atoms with Crippen molar-refractivity contribution < 1.29 is 19.3 Å². The Kier molecular flexibility index (Phi) is 11.9. The number of methoxy groups -OCH3 is 2. The number of piperazine rings is 1. The molecule has 1 fully saturated rings. The van der Waals surface area contributed by atoms with Crippen LogP contribution >= 0.6 is 23.2 Å². The normalized spacial score (nSPS) is 13.9. The van der Waals surface area contributed by atoms with E-state index >= 15 is 0 Å². The number of nitriles is 1. The predicted molar refractivity (Wildman–Crippen MR) is 161 cm³/mol. The highest BCUT2D eigenvalue weighted by molar-refractivity contribution is 6.37. The van der Waals surface area contributed by atoms with Gasteiger partial charge in [-0.15, -0.1) is 0 Å². The highest BCUT2D eigenvalue weighted by Crippen LogP contribution is 2.40. The van der Waals surface area contributed by atoms with E-state index in [-0.39, 0.29) is 6.10 Å². The number of ether oxygens (including phenoxy) is 3. The molecule has 0 aliphatic carbocycles. The monoisotopic (exact) mass is 589 g/mol. The van der Waals surface area contributed by atoms with Crippen molar-refractivity contribution in [2.24, 2.45) is 0 Å². The Morgan fingerprint density at radius 2 is 1.70 bits per heavy atom. The van der Waals surface area contributed by atoms with Crippen molar-refractivity contribution in [3.05, 3.63) is 46.1 Å². The zero-order valence-electron chi connectivity index (χ0n) is 23.6. The molecule has 0 bridgehead atoms. The summed E-state index contributed by atoms with van der Waals surface area (Å²) in [4.78, 5) is 9.28. The van der Waals surface area contributed by atoms with Crippen LogP contribution in [0.25, 0.3) is 10.9 Å². The molecule has 0 unspecified atom stereocenters. The molecule has 0 radical (unpaired) electrons. The molecule has 1 aromatic heterocycles. The molecule has 1 aliphatic heterocycles. The first-order valence-electron chi connectivity index (χ1n) is 13.1. The number of nitrogens with one attached hydrogen (secondary N) is 1. The van der Waals surface area contributed by atoms with Crippen molar-refractivity contribution in [1.29, 1.82) is 5.26 Å².